The van der Waals surface area contributed by atoms with Crippen molar-refractivity contribution in [2.75, 3.05) is 7.11 Å². The molecule has 1 N–H and O–H groups in total. The third-order valence-corrected chi connectivity index (χ3v) is 5.77. The Kier molecular flexibility index (Phi) is 7.30. The number of methoxy groups -OCH3 is 1. The molecule has 4 rings (SSSR count). The highest BCUT2D eigenvalue weighted by Crippen LogP contribution is 2.36. The molecule has 7 heteroatoms. The maximum atomic E-state index is 12.9. The molecule has 0 spiro atoms. The summed E-state index contributed by atoms with van der Waals surface area (Å²) in [5.41, 5.74) is 4.12. The van der Waals surface area contributed by atoms with Crippen LogP contribution in [0.1, 0.15) is 46.7 Å². The van der Waals surface area contributed by atoms with Crippen molar-refractivity contribution in [3.63, 3.8) is 0 Å². The van der Waals surface area contributed by atoms with Gasteiger partial charge in [0, 0.05) is 29.5 Å². The second kappa shape index (κ2) is 10.7. The Hall–Kier alpha value is -4.65. The van der Waals surface area contributed by atoms with E-state index in [1.165, 1.54) is 7.11 Å². The van der Waals surface area contributed by atoms with E-state index in [2.05, 4.69) is 26.9 Å². The number of fused-ring (bicyclic) bond motifs is 1. The molecule has 2 aromatic carbocycles. The molecule has 36 heavy (non-hydrogen) atoms. The Balaban J connectivity index is 1.76. The van der Waals surface area contributed by atoms with Crippen LogP contribution in [0.25, 0.3) is 27.5 Å². The van der Waals surface area contributed by atoms with Gasteiger partial charge >= 0.3 is 5.97 Å². The quantitative estimate of drug-likeness (QED) is 0.209. The Morgan fingerprint density at radius 1 is 1.00 bits per heavy atom. The Morgan fingerprint density at radius 2 is 1.69 bits per heavy atom. The maximum absolute atomic E-state index is 12.9. The van der Waals surface area contributed by atoms with E-state index in [1.807, 2.05) is 49.4 Å². The van der Waals surface area contributed by atoms with Gasteiger partial charge in [-0.2, -0.15) is 0 Å². The van der Waals surface area contributed by atoms with Crippen LogP contribution in [0.15, 0.2) is 84.8 Å². The molecular formula is C29H26N4O3. The summed E-state index contributed by atoms with van der Waals surface area (Å²) in [4.78, 5) is 38.7. The minimum atomic E-state index is -0.537. The van der Waals surface area contributed by atoms with Gasteiger partial charge in [0.2, 0.25) is 0 Å². The third kappa shape index (κ3) is 5.20. The number of nitrogens with zero attached hydrogens (tertiary/aromatic N) is 3. The van der Waals surface area contributed by atoms with Crippen molar-refractivity contribution in [3.05, 3.63) is 96.6 Å². The molecule has 0 aliphatic heterocycles. The number of benzene rings is 2. The molecule has 4 aromatic rings. The van der Waals surface area contributed by atoms with Gasteiger partial charge in [0.05, 0.1) is 18.4 Å². The van der Waals surface area contributed by atoms with Crippen LogP contribution in [0.3, 0.4) is 0 Å². The Bertz CT molecular complexity index is 1460. The third-order valence-electron chi connectivity index (χ3n) is 5.77. The van der Waals surface area contributed by atoms with Crippen LogP contribution in [0, 0.1) is 0 Å². The van der Waals surface area contributed by atoms with Crippen LogP contribution in [0.4, 0.5) is 5.69 Å². The number of amides is 1. The molecule has 180 valence electrons. The molecule has 0 aliphatic rings. The molecule has 1 amide bonds. The number of hydrogen-bond donors (Lipinski definition) is 1. The highest BCUT2D eigenvalue weighted by atomic mass is 16.5. The molecule has 7 nitrogen and oxygen atoms in total. The largest absolute Gasteiger partial charge is 0.465 e. The molecule has 0 atom stereocenters. The number of carbonyl (C=O) groups is 2. The number of amidine groups is 1. The van der Waals surface area contributed by atoms with Gasteiger partial charge in [-0.25, -0.2) is 9.79 Å². The number of nitrogens with one attached hydrogen (secondary N) is 1. The molecule has 0 aliphatic carbocycles. The topological polar surface area (TPSA) is 93.5 Å². The predicted octanol–water partition coefficient (Wildman–Crippen LogP) is 5.99. The first-order chi connectivity index (χ1) is 17.4. The molecule has 0 saturated heterocycles. The zero-order valence-electron chi connectivity index (χ0n) is 20.4. The first kappa shape index (κ1) is 24.5. The van der Waals surface area contributed by atoms with Crippen LogP contribution in [0.5, 0.6) is 0 Å². The standard InChI is InChI=1S/C29H26N4O3/c1-5-18(2)24-14-23(20-10-12-30-13-11-20)15-25(29(35)36-4)27(24)32-19(3)33-28(34)26-16-21-8-6-7-9-22(21)17-31-26/h6-17H,2,5H2,1,3-4H3,(H,32,33,34). The first-order valence-corrected chi connectivity index (χ1v) is 11.5. The van der Waals surface area contributed by atoms with E-state index >= 15 is 0 Å². The van der Waals surface area contributed by atoms with Crippen LogP contribution >= 0.6 is 0 Å². The van der Waals surface area contributed by atoms with Crippen molar-refractivity contribution in [1.29, 1.82) is 0 Å². The molecule has 0 unspecified atom stereocenters. The van der Waals surface area contributed by atoms with Gasteiger partial charge in [0.15, 0.2) is 0 Å². The summed E-state index contributed by atoms with van der Waals surface area (Å²) in [5, 5.41) is 4.64. The molecule has 2 aromatic heterocycles. The average molecular weight is 479 g/mol. The Labute approximate surface area is 209 Å². The van der Waals surface area contributed by atoms with E-state index in [1.54, 1.807) is 37.6 Å². The second-order valence-corrected chi connectivity index (χ2v) is 8.17. The summed E-state index contributed by atoms with van der Waals surface area (Å²) < 4.78 is 5.06. The van der Waals surface area contributed by atoms with Gasteiger partial charge in [-0.3, -0.25) is 14.8 Å². The van der Waals surface area contributed by atoms with E-state index in [-0.39, 0.29) is 11.3 Å². The zero-order chi connectivity index (χ0) is 25.7. The van der Waals surface area contributed by atoms with Gasteiger partial charge in [0.25, 0.3) is 5.91 Å². The van der Waals surface area contributed by atoms with Crippen LogP contribution in [-0.2, 0) is 4.74 Å². The predicted molar refractivity (Wildman–Crippen MR) is 142 cm³/mol. The second-order valence-electron chi connectivity index (χ2n) is 8.17. The number of carbonyl (C=O) groups excluding carboxylic acids is 2. The number of aromatic nitrogens is 2. The fraction of sp³-hybridized carbons (Fsp3) is 0.138. The van der Waals surface area contributed by atoms with Crippen molar-refractivity contribution in [2.45, 2.75) is 20.3 Å². The number of ether oxygens (including phenoxy) is 1. The summed E-state index contributed by atoms with van der Waals surface area (Å²) in [5.74, 6) is -0.627. The van der Waals surface area contributed by atoms with Crippen molar-refractivity contribution < 1.29 is 14.3 Å². The molecule has 2 heterocycles. The first-order valence-electron chi connectivity index (χ1n) is 11.5. The summed E-state index contributed by atoms with van der Waals surface area (Å²) in [7, 11) is 1.32. The summed E-state index contributed by atoms with van der Waals surface area (Å²) in [6, 6.07) is 16.8. The van der Waals surface area contributed by atoms with Gasteiger partial charge in [-0.15, -0.1) is 0 Å². The Morgan fingerprint density at radius 3 is 2.39 bits per heavy atom. The van der Waals surface area contributed by atoms with Gasteiger partial charge in [-0.1, -0.05) is 37.8 Å². The van der Waals surface area contributed by atoms with Crippen LogP contribution in [0.2, 0.25) is 0 Å². The monoisotopic (exact) mass is 478 g/mol. The smallest absolute Gasteiger partial charge is 0.340 e. The number of esters is 1. The lowest BCUT2D eigenvalue weighted by atomic mass is 9.94. The van der Waals surface area contributed by atoms with E-state index in [0.717, 1.165) is 27.5 Å². The van der Waals surface area contributed by atoms with Crippen LogP contribution < -0.4 is 5.32 Å². The molecule has 0 radical (unpaired) electrons. The zero-order valence-corrected chi connectivity index (χ0v) is 20.4. The van der Waals surface area contributed by atoms with E-state index in [0.29, 0.717) is 23.5 Å². The van der Waals surface area contributed by atoms with E-state index in [4.69, 9.17) is 4.74 Å². The minimum absolute atomic E-state index is 0.266. The summed E-state index contributed by atoms with van der Waals surface area (Å²) in [6.45, 7) is 7.82. The molecule has 0 saturated carbocycles. The maximum Gasteiger partial charge on any atom is 0.340 e. The SMILES string of the molecule is C=C(CC)c1cc(-c2ccncc2)cc(C(=O)OC)c1N=C(C)NC(=O)c1cc2ccccc2cn1. The van der Waals surface area contributed by atoms with Crippen molar-refractivity contribution in [2.24, 2.45) is 4.99 Å². The molecular weight excluding hydrogens is 452 g/mol. The van der Waals surface area contributed by atoms with Gasteiger partial charge in [-0.05, 0) is 65.8 Å². The number of hydrogen-bond acceptors (Lipinski definition) is 6. The number of pyridine rings is 2. The van der Waals surface area contributed by atoms with Gasteiger partial charge < -0.3 is 10.1 Å². The van der Waals surface area contributed by atoms with Crippen LogP contribution in [-0.4, -0.2) is 34.8 Å². The lowest BCUT2D eigenvalue weighted by molar-refractivity contribution is 0.0601. The minimum Gasteiger partial charge on any atom is -0.465 e. The normalized spacial score (nSPS) is 11.2. The van der Waals surface area contributed by atoms with Gasteiger partial charge in [0.1, 0.15) is 11.5 Å². The van der Waals surface area contributed by atoms with E-state index < -0.39 is 11.9 Å². The number of allylic oxidation sites excluding steroid dienone is 1. The van der Waals surface area contributed by atoms with Crippen molar-refractivity contribution in [1.82, 2.24) is 15.3 Å². The lowest BCUT2D eigenvalue weighted by Crippen LogP contribution is -2.29. The van der Waals surface area contributed by atoms with Crippen molar-refractivity contribution >= 4 is 39.7 Å². The highest BCUT2D eigenvalue weighted by Gasteiger charge is 2.20. The fourth-order valence-electron chi connectivity index (χ4n) is 3.82. The molecule has 0 bridgehead atoms. The number of rotatable bonds is 6. The number of aliphatic imine (C=N–C) groups is 1. The lowest BCUT2D eigenvalue weighted by Gasteiger charge is -2.16. The summed E-state index contributed by atoms with van der Waals surface area (Å²) in [6.07, 6.45) is 5.69. The average Bonchev–Trinajstić information content (AvgIpc) is 2.92. The molecule has 0 fully saturated rings. The summed E-state index contributed by atoms with van der Waals surface area (Å²) >= 11 is 0. The van der Waals surface area contributed by atoms with Crippen molar-refractivity contribution in [3.8, 4) is 11.1 Å². The highest BCUT2D eigenvalue weighted by molar-refractivity contribution is 6.08. The fourth-order valence-corrected chi connectivity index (χ4v) is 3.82. The van der Waals surface area contributed by atoms with E-state index in [9.17, 15) is 9.59 Å².